The van der Waals surface area contributed by atoms with Gasteiger partial charge < -0.3 is 5.32 Å². The fourth-order valence-corrected chi connectivity index (χ4v) is 3.19. The van der Waals surface area contributed by atoms with Gasteiger partial charge in [-0.3, -0.25) is 9.89 Å². The van der Waals surface area contributed by atoms with Crippen molar-refractivity contribution < 1.29 is 4.79 Å². The summed E-state index contributed by atoms with van der Waals surface area (Å²) in [5.74, 6) is 0.550. The van der Waals surface area contributed by atoms with Crippen LogP contribution in [-0.4, -0.2) is 16.1 Å². The number of nitrogens with zero attached hydrogens (tertiary/aromatic N) is 1. The number of halogens is 1. The molecule has 0 fully saturated rings. The number of aromatic amines is 1. The predicted molar refractivity (Wildman–Crippen MR) is 90.6 cm³/mol. The highest BCUT2D eigenvalue weighted by atomic mass is 35.5. The molecule has 4 rings (SSSR count). The minimum atomic E-state index is -0.0371. The van der Waals surface area contributed by atoms with Crippen molar-refractivity contribution in [3.8, 4) is 11.3 Å². The van der Waals surface area contributed by atoms with Gasteiger partial charge in [0.05, 0.1) is 5.69 Å². The Morgan fingerprint density at radius 1 is 1.04 bits per heavy atom. The van der Waals surface area contributed by atoms with Crippen LogP contribution in [0.5, 0.6) is 0 Å². The van der Waals surface area contributed by atoms with Gasteiger partial charge in [-0.25, -0.2) is 0 Å². The van der Waals surface area contributed by atoms with Gasteiger partial charge in [0.1, 0.15) is 0 Å². The zero-order valence-electron chi connectivity index (χ0n) is 12.2. The van der Waals surface area contributed by atoms with E-state index < -0.39 is 0 Å². The average Bonchev–Trinajstić information content (AvgIpc) is 2.99. The molecule has 1 aliphatic heterocycles. The highest BCUT2D eigenvalue weighted by Crippen LogP contribution is 2.41. The van der Waals surface area contributed by atoms with Gasteiger partial charge in [-0.15, -0.1) is 0 Å². The monoisotopic (exact) mass is 323 g/mol. The van der Waals surface area contributed by atoms with Crippen molar-refractivity contribution in [2.45, 2.75) is 12.3 Å². The van der Waals surface area contributed by atoms with Gasteiger partial charge in [-0.05, 0) is 23.3 Å². The smallest absolute Gasteiger partial charge is 0.226 e. The molecule has 2 aromatic carbocycles. The molecule has 1 aromatic heterocycles. The van der Waals surface area contributed by atoms with Crippen LogP contribution in [0.3, 0.4) is 0 Å². The Balaban J connectivity index is 1.86. The van der Waals surface area contributed by atoms with Crippen molar-refractivity contribution in [1.82, 2.24) is 10.2 Å². The van der Waals surface area contributed by atoms with E-state index in [9.17, 15) is 4.79 Å². The van der Waals surface area contributed by atoms with E-state index in [2.05, 4.69) is 15.5 Å². The molecule has 0 saturated heterocycles. The van der Waals surface area contributed by atoms with E-state index in [1.165, 1.54) is 0 Å². The summed E-state index contributed by atoms with van der Waals surface area (Å²) >= 11 is 5.99. The standard InChI is InChI=1S/C18H14ClN3O/c19-13-8-6-11(7-9-13)14-10-15(23)20-18-16(14)17(21-22-18)12-4-2-1-3-5-12/h1-9,14H,10H2,(H2,20,21,22,23)/t14-/m1/s1. The molecule has 3 aromatic rings. The lowest BCUT2D eigenvalue weighted by Gasteiger charge is -2.23. The molecular formula is C18H14ClN3O. The van der Waals surface area contributed by atoms with E-state index >= 15 is 0 Å². The molecule has 1 atom stereocenters. The molecule has 1 amide bonds. The highest BCUT2D eigenvalue weighted by molar-refractivity contribution is 6.30. The molecule has 0 bridgehead atoms. The Hall–Kier alpha value is -2.59. The highest BCUT2D eigenvalue weighted by Gasteiger charge is 2.31. The Morgan fingerprint density at radius 3 is 2.52 bits per heavy atom. The minimum Gasteiger partial charge on any atom is -0.309 e. The number of aromatic nitrogens is 2. The molecule has 2 N–H and O–H groups in total. The van der Waals surface area contributed by atoms with Crippen LogP contribution in [0.1, 0.15) is 23.5 Å². The third-order valence-corrected chi connectivity index (χ3v) is 4.39. The number of carbonyl (C=O) groups excluding carboxylic acids is 1. The summed E-state index contributed by atoms with van der Waals surface area (Å²) in [5, 5.41) is 10.9. The number of carbonyl (C=O) groups is 1. The quantitative estimate of drug-likeness (QED) is 0.742. The first kappa shape index (κ1) is 14.0. The van der Waals surface area contributed by atoms with Crippen LogP contribution >= 0.6 is 11.6 Å². The van der Waals surface area contributed by atoms with Crippen LogP contribution in [0.25, 0.3) is 11.3 Å². The maximum atomic E-state index is 12.0. The van der Waals surface area contributed by atoms with E-state index in [0.29, 0.717) is 17.3 Å². The summed E-state index contributed by atoms with van der Waals surface area (Å²) in [6.45, 7) is 0. The van der Waals surface area contributed by atoms with Gasteiger partial charge in [-0.2, -0.15) is 5.10 Å². The van der Waals surface area contributed by atoms with Crippen LogP contribution in [0.4, 0.5) is 5.82 Å². The first-order valence-electron chi connectivity index (χ1n) is 7.41. The largest absolute Gasteiger partial charge is 0.309 e. The number of H-pyrrole nitrogens is 1. The second-order valence-corrected chi connectivity index (χ2v) is 6.02. The van der Waals surface area contributed by atoms with Gasteiger partial charge in [0.15, 0.2) is 5.82 Å². The topological polar surface area (TPSA) is 57.8 Å². The number of anilines is 1. The molecule has 4 nitrogen and oxygen atoms in total. The Bertz CT molecular complexity index is 856. The third kappa shape index (κ3) is 2.51. The predicted octanol–water partition coefficient (Wildman–Crippen LogP) is 4.20. The fraction of sp³-hybridized carbons (Fsp3) is 0.111. The normalized spacial score (nSPS) is 16.7. The van der Waals surface area contributed by atoms with E-state index in [1.54, 1.807) is 0 Å². The van der Waals surface area contributed by atoms with E-state index in [-0.39, 0.29) is 11.8 Å². The maximum absolute atomic E-state index is 12.0. The number of fused-ring (bicyclic) bond motifs is 1. The molecule has 0 aliphatic carbocycles. The summed E-state index contributed by atoms with van der Waals surface area (Å²) in [4.78, 5) is 12.0. The molecule has 23 heavy (non-hydrogen) atoms. The van der Waals surface area contributed by atoms with Crippen molar-refractivity contribution in [2.24, 2.45) is 0 Å². The zero-order chi connectivity index (χ0) is 15.8. The first-order valence-corrected chi connectivity index (χ1v) is 7.79. The van der Waals surface area contributed by atoms with Gasteiger partial charge in [0.25, 0.3) is 0 Å². The number of nitrogens with one attached hydrogen (secondary N) is 2. The lowest BCUT2D eigenvalue weighted by atomic mass is 9.84. The summed E-state index contributed by atoms with van der Waals surface area (Å²) in [6.07, 6.45) is 0.397. The Morgan fingerprint density at radius 2 is 1.78 bits per heavy atom. The lowest BCUT2D eigenvalue weighted by Crippen LogP contribution is -2.23. The van der Waals surface area contributed by atoms with Crippen molar-refractivity contribution in [1.29, 1.82) is 0 Å². The number of rotatable bonds is 2. The SMILES string of the molecule is O=C1C[C@H](c2ccc(Cl)cc2)c2c(n[nH]c2-c2ccccc2)N1. The van der Waals surface area contributed by atoms with Crippen molar-refractivity contribution >= 4 is 23.3 Å². The van der Waals surface area contributed by atoms with Gasteiger partial charge in [0, 0.05) is 22.9 Å². The number of hydrogen-bond donors (Lipinski definition) is 2. The van der Waals surface area contributed by atoms with E-state index in [1.807, 2.05) is 54.6 Å². The summed E-state index contributed by atoms with van der Waals surface area (Å²) < 4.78 is 0. The lowest BCUT2D eigenvalue weighted by molar-refractivity contribution is -0.116. The number of benzene rings is 2. The van der Waals surface area contributed by atoms with Crippen molar-refractivity contribution in [3.63, 3.8) is 0 Å². The fourth-order valence-electron chi connectivity index (χ4n) is 3.06. The molecule has 114 valence electrons. The number of amides is 1. The van der Waals surface area contributed by atoms with Crippen LogP contribution in [0, 0.1) is 0 Å². The van der Waals surface area contributed by atoms with Crippen LogP contribution < -0.4 is 5.32 Å². The second kappa shape index (κ2) is 5.56. The molecule has 0 spiro atoms. The zero-order valence-corrected chi connectivity index (χ0v) is 13.0. The Kier molecular flexibility index (Phi) is 3.39. The third-order valence-electron chi connectivity index (χ3n) is 4.13. The van der Waals surface area contributed by atoms with Crippen LogP contribution in [0.15, 0.2) is 54.6 Å². The molecule has 5 heteroatoms. The van der Waals surface area contributed by atoms with E-state index in [4.69, 9.17) is 11.6 Å². The summed E-state index contributed by atoms with van der Waals surface area (Å²) in [6, 6.07) is 17.7. The van der Waals surface area contributed by atoms with Crippen LogP contribution in [-0.2, 0) is 4.79 Å². The summed E-state index contributed by atoms with van der Waals surface area (Å²) in [5.41, 5.74) is 4.08. The molecule has 0 unspecified atom stereocenters. The molecule has 0 saturated carbocycles. The van der Waals surface area contributed by atoms with E-state index in [0.717, 1.165) is 22.4 Å². The minimum absolute atomic E-state index is 0.0245. The molecule has 1 aliphatic rings. The Labute approximate surface area is 138 Å². The average molecular weight is 324 g/mol. The second-order valence-electron chi connectivity index (χ2n) is 5.58. The molecule has 2 heterocycles. The molecule has 0 radical (unpaired) electrons. The number of hydrogen-bond acceptors (Lipinski definition) is 2. The van der Waals surface area contributed by atoms with Gasteiger partial charge in [-0.1, -0.05) is 54.1 Å². The van der Waals surface area contributed by atoms with Crippen molar-refractivity contribution in [3.05, 3.63) is 70.7 Å². The van der Waals surface area contributed by atoms with Gasteiger partial charge in [0.2, 0.25) is 5.91 Å². The molecular weight excluding hydrogens is 310 g/mol. The first-order chi connectivity index (χ1) is 11.2. The van der Waals surface area contributed by atoms with Gasteiger partial charge >= 0.3 is 0 Å². The maximum Gasteiger partial charge on any atom is 0.226 e. The van der Waals surface area contributed by atoms with Crippen LogP contribution in [0.2, 0.25) is 5.02 Å². The summed E-state index contributed by atoms with van der Waals surface area (Å²) in [7, 11) is 0. The van der Waals surface area contributed by atoms with Crippen molar-refractivity contribution in [2.75, 3.05) is 5.32 Å².